The molecular weight excluding hydrogens is 376 g/mol. The molecular formula is C21H33ClN4O2. The summed E-state index contributed by atoms with van der Waals surface area (Å²) in [7, 11) is 3.51. The van der Waals surface area contributed by atoms with E-state index >= 15 is 0 Å². The summed E-state index contributed by atoms with van der Waals surface area (Å²) in [6.45, 7) is 4.07. The van der Waals surface area contributed by atoms with Crippen LogP contribution in [0, 0.1) is 12.3 Å². The van der Waals surface area contributed by atoms with Crippen molar-refractivity contribution in [2.75, 3.05) is 39.2 Å². The quantitative estimate of drug-likeness (QED) is 0.430. The maximum atomic E-state index is 12.2. The van der Waals surface area contributed by atoms with E-state index in [1.165, 1.54) is 25.7 Å². The van der Waals surface area contributed by atoms with Crippen molar-refractivity contribution >= 4 is 29.2 Å². The Balaban J connectivity index is 1.76. The first-order chi connectivity index (χ1) is 13.5. The minimum Gasteiger partial charge on any atom is -0.385 e. The van der Waals surface area contributed by atoms with Gasteiger partial charge in [-0.25, -0.2) is 0 Å². The van der Waals surface area contributed by atoms with Gasteiger partial charge in [-0.2, -0.15) is 0 Å². The van der Waals surface area contributed by atoms with Crippen LogP contribution in [-0.4, -0.2) is 45.7 Å². The van der Waals surface area contributed by atoms with Gasteiger partial charge in [-0.1, -0.05) is 30.5 Å². The number of nitrogens with one attached hydrogen (secondary N) is 3. The molecule has 0 saturated heterocycles. The van der Waals surface area contributed by atoms with Crippen molar-refractivity contribution in [1.82, 2.24) is 10.6 Å². The van der Waals surface area contributed by atoms with E-state index < -0.39 is 0 Å². The molecule has 1 aliphatic carbocycles. The molecule has 3 N–H and O–H groups in total. The number of rotatable bonds is 9. The Morgan fingerprint density at radius 3 is 2.71 bits per heavy atom. The van der Waals surface area contributed by atoms with Gasteiger partial charge in [0.25, 0.3) is 0 Å². The molecule has 1 fully saturated rings. The van der Waals surface area contributed by atoms with Crippen molar-refractivity contribution in [1.29, 1.82) is 0 Å². The van der Waals surface area contributed by atoms with E-state index in [9.17, 15) is 4.79 Å². The van der Waals surface area contributed by atoms with Gasteiger partial charge >= 0.3 is 0 Å². The fraction of sp³-hybridized carbons (Fsp3) is 0.619. The van der Waals surface area contributed by atoms with Crippen LogP contribution in [0.3, 0.4) is 0 Å². The van der Waals surface area contributed by atoms with Crippen molar-refractivity contribution in [2.45, 2.75) is 45.4 Å². The Hall–Kier alpha value is -1.79. The summed E-state index contributed by atoms with van der Waals surface area (Å²) in [6, 6.07) is 5.50. The normalized spacial score (nSPS) is 16.1. The zero-order valence-electron chi connectivity index (χ0n) is 17.2. The van der Waals surface area contributed by atoms with Crippen LogP contribution in [0.15, 0.2) is 23.2 Å². The Labute approximate surface area is 173 Å². The fourth-order valence-electron chi connectivity index (χ4n) is 3.70. The van der Waals surface area contributed by atoms with Gasteiger partial charge in [0.1, 0.15) is 0 Å². The second-order valence-corrected chi connectivity index (χ2v) is 7.92. The maximum Gasteiger partial charge on any atom is 0.226 e. The van der Waals surface area contributed by atoms with E-state index in [0.717, 1.165) is 36.8 Å². The molecule has 0 atom stereocenters. The Morgan fingerprint density at radius 1 is 1.29 bits per heavy atom. The molecule has 0 bridgehead atoms. The molecule has 2 rings (SSSR count). The van der Waals surface area contributed by atoms with E-state index in [2.05, 4.69) is 20.9 Å². The number of halogens is 1. The van der Waals surface area contributed by atoms with Gasteiger partial charge in [-0.05, 0) is 49.3 Å². The maximum absolute atomic E-state index is 12.2. The number of amides is 1. The van der Waals surface area contributed by atoms with E-state index in [0.29, 0.717) is 18.0 Å². The number of anilines is 1. The summed E-state index contributed by atoms with van der Waals surface area (Å²) in [4.78, 5) is 16.5. The van der Waals surface area contributed by atoms with Crippen LogP contribution < -0.4 is 16.0 Å². The molecule has 0 heterocycles. The number of ether oxygens (including phenoxy) is 1. The highest BCUT2D eigenvalue weighted by Gasteiger charge is 2.33. The highest BCUT2D eigenvalue weighted by Crippen LogP contribution is 2.40. The molecule has 1 aliphatic rings. The van der Waals surface area contributed by atoms with Gasteiger partial charge in [0.2, 0.25) is 5.91 Å². The topological polar surface area (TPSA) is 74.8 Å². The first-order valence-corrected chi connectivity index (χ1v) is 10.4. The zero-order chi connectivity index (χ0) is 20.4. The van der Waals surface area contributed by atoms with Crippen molar-refractivity contribution in [3.05, 3.63) is 28.8 Å². The number of hydrogen-bond acceptors (Lipinski definition) is 3. The van der Waals surface area contributed by atoms with Crippen LogP contribution in [0.25, 0.3) is 0 Å². The summed E-state index contributed by atoms with van der Waals surface area (Å²) in [6.07, 6.45) is 6.42. The average Bonchev–Trinajstić information content (AvgIpc) is 3.15. The number of carbonyl (C=O) groups excluding carboxylic acids is 1. The second kappa shape index (κ2) is 11.3. The summed E-state index contributed by atoms with van der Waals surface area (Å²) in [5.41, 5.74) is 1.91. The van der Waals surface area contributed by atoms with Gasteiger partial charge in [0.15, 0.2) is 5.96 Å². The molecule has 0 radical (unpaired) electrons. The molecule has 0 spiro atoms. The first kappa shape index (κ1) is 22.5. The number of guanidine groups is 1. The van der Waals surface area contributed by atoms with Crippen LogP contribution >= 0.6 is 11.6 Å². The van der Waals surface area contributed by atoms with Gasteiger partial charge < -0.3 is 20.7 Å². The molecule has 28 heavy (non-hydrogen) atoms. The summed E-state index contributed by atoms with van der Waals surface area (Å²) >= 11 is 6.10. The van der Waals surface area contributed by atoms with Gasteiger partial charge in [0.05, 0.1) is 0 Å². The zero-order valence-corrected chi connectivity index (χ0v) is 18.0. The largest absolute Gasteiger partial charge is 0.385 e. The number of methoxy groups -OCH3 is 1. The molecule has 0 aromatic heterocycles. The van der Waals surface area contributed by atoms with Crippen LogP contribution in [0.5, 0.6) is 0 Å². The number of nitrogens with zero attached hydrogens (tertiary/aromatic N) is 1. The lowest BCUT2D eigenvalue weighted by molar-refractivity contribution is -0.116. The number of hydrogen-bond donors (Lipinski definition) is 3. The monoisotopic (exact) mass is 408 g/mol. The third kappa shape index (κ3) is 6.67. The van der Waals surface area contributed by atoms with E-state index in [1.807, 2.05) is 25.1 Å². The number of aliphatic imine (C=N–C) groups is 1. The third-order valence-corrected chi connectivity index (χ3v) is 5.95. The fourth-order valence-corrected chi connectivity index (χ4v) is 3.88. The van der Waals surface area contributed by atoms with E-state index in [4.69, 9.17) is 16.3 Å². The number of benzene rings is 1. The Bertz CT molecular complexity index is 672. The molecule has 1 aromatic rings. The minimum absolute atomic E-state index is 0.0549. The highest BCUT2D eigenvalue weighted by molar-refractivity contribution is 6.31. The van der Waals surface area contributed by atoms with Crippen LogP contribution in [-0.2, 0) is 9.53 Å². The van der Waals surface area contributed by atoms with Crippen molar-refractivity contribution in [3.8, 4) is 0 Å². The van der Waals surface area contributed by atoms with E-state index in [1.54, 1.807) is 14.2 Å². The molecule has 1 amide bonds. The van der Waals surface area contributed by atoms with Gasteiger partial charge in [-0.15, -0.1) is 0 Å². The van der Waals surface area contributed by atoms with Crippen LogP contribution in [0.2, 0.25) is 5.02 Å². The van der Waals surface area contributed by atoms with Gasteiger partial charge in [0, 0.05) is 51.0 Å². The van der Waals surface area contributed by atoms with Crippen LogP contribution in [0.4, 0.5) is 5.69 Å². The van der Waals surface area contributed by atoms with Crippen LogP contribution in [0.1, 0.15) is 44.1 Å². The predicted octanol–water partition coefficient (Wildman–Crippen LogP) is 3.74. The van der Waals surface area contributed by atoms with Crippen molar-refractivity contribution < 1.29 is 9.53 Å². The predicted molar refractivity (Wildman–Crippen MR) is 116 cm³/mol. The summed E-state index contributed by atoms with van der Waals surface area (Å²) < 4.78 is 5.29. The van der Waals surface area contributed by atoms with Crippen molar-refractivity contribution in [3.63, 3.8) is 0 Å². The lowest BCUT2D eigenvalue weighted by Gasteiger charge is -2.29. The summed E-state index contributed by atoms with van der Waals surface area (Å²) in [5.74, 6) is 0.677. The molecule has 156 valence electrons. The lowest BCUT2D eigenvalue weighted by atomic mass is 9.83. The average molecular weight is 409 g/mol. The number of carbonyl (C=O) groups is 1. The van der Waals surface area contributed by atoms with Crippen molar-refractivity contribution in [2.24, 2.45) is 10.4 Å². The smallest absolute Gasteiger partial charge is 0.226 e. The lowest BCUT2D eigenvalue weighted by Crippen LogP contribution is -2.44. The first-order valence-electron chi connectivity index (χ1n) is 9.98. The van der Waals surface area contributed by atoms with Gasteiger partial charge in [-0.3, -0.25) is 9.79 Å². The second-order valence-electron chi connectivity index (χ2n) is 7.51. The Kier molecular flexibility index (Phi) is 9.06. The van der Waals surface area contributed by atoms with E-state index in [-0.39, 0.29) is 11.3 Å². The SMILES string of the molecule is CN=C(NCCC(=O)Nc1cccc(Cl)c1C)NCC1(CCOC)CCCC1. The molecule has 6 nitrogen and oxygen atoms in total. The molecule has 0 aliphatic heterocycles. The molecule has 1 aromatic carbocycles. The summed E-state index contributed by atoms with van der Waals surface area (Å²) in [5, 5.41) is 10.2. The molecule has 1 saturated carbocycles. The standard InChI is InChI=1S/C21H33ClN4O2/c1-16-17(22)7-6-8-18(16)26-19(27)9-13-24-20(23-2)25-15-21(12-14-28-3)10-4-5-11-21/h6-8H,4-5,9-15H2,1-3H3,(H,26,27)(H2,23,24,25). The molecule has 0 unspecified atom stereocenters. The minimum atomic E-state index is -0.0549. The third-order valence-electron chi connectivity index (χ3n) is 5.54. The highest BCUT2D eigenvalue weighted by atomic mass is 35.5. The Morgan fingerprint density at radius 2 is 2.04 bits per heavy atom. The molecule has 7 heteroatoms.